The van der Waals surface area contributed by atoms with Crippen LogP contribution >= 0.6 is 0 Å². The number of nitrogens with one attached hydrogen (secondary N) is 1. The fourth-order valence-corrected chi connectivity index (χ4v) is 3.19. The molecular formula is C22H25N3O5. The quantitative estimate of drug-likeness (QED) is 0.789. The van der Waals surface area contributed by atoms with E-state index in [4.69, 9.17) is 9.47 Å². The number of amides is 3. The van der Waals surface area contributed by atoms with Crippen LogP contribution in [0.25, 0.3) is 0 Å². The highest BCUT2D eigenvalue weighted by molar-refractivity contribution is 6.01. The molecule has 8 nitrogen and oxygen atoms in total. The second-order valence-corrected chi connectivity index (χ2v) is 7.02. The molecule has 30 heavy (non-hydrogen) atoms. The van der Waals surface area contributed by atoms with Crippen LogP contribution in [0.1, 0.15) is 23.2 Å². The Kier molecular flexibility index (Phi) is 6.56. The fourth-order valence-electron chi connectivity index (χ4n) is 3.19. The van der Waals surface area contributed by atoms with Crippen molar-refractivity contribution in [3.8, 4) is 11.5 Å². The fraction of sp³-hybridized carbons (Fsp3) is 0.318. The van der Waals surface area contributed by atoms with Gasteiger partial charge in [0.2, 0.25) is 11.8 Å². The van der Waals surface area contributed by atoms with Crippen molar-refractivity contribution in [2.75, 3.05) is 44.6 Å². The second kappa shape index (κ2) is 9.30. The molecule has 3 amide bonds. The molecule has 2 aromatic carbocycles. The summed E-state index contributed by atoms with van der Waals surface area (Å²) in [6.07, 6.45) is 0.0617. The van der Waals surface area contributed by atoms with Crippen LogP contribution in [0.4, 0.5) is 11.4 Å². The van der Waals surface area contributed by atoms with Crippen molar-refractivity contribution in [2.24, 2.45) is 0 Å². The first-order chi connectivity index (χ1) is 14.4. The average Bonchev–Trinajstić information content (AvgIpc) is 2.76. The lowest BCUT2D eigenvalue weighted by molar-refractivity contribution is -0.122. The van der Waals surface area contributed by atoms with Gasteiger partial charge in [-0.15, -0.1) is 0 Å². The van der Waals surface area contributed by atoms with Crippen LogP contribution in [0.15, 0.2) is 42.5 Å². The van der Waals surface area contributed by atoms with E-state index in [1.165, 1.54) is 12.0 Å². The Morgan fingerprint density at radius 1 is 1.13 bits per heavy atom. The minimum absolute atomic E-state index is 0.00731. The van der Waals surface area contributed by atoms with Gasteiger partial charge in [-0.3, -0.25) is 14.4 Å². The maximum atomic E-state index is 12.7. The number of nitrogens with zero attached hydrogens (tertiary/aromatic N) is 2. The summed E-state index contributed by atoms with van der Waals surface area (Å²) in [7, 11) is 4.79. The van der Waals surface area contributed by atoms with Gasteiger partial charge in [-0.05, 0) is 30.3 Å². The van der Waals surface area contributed by atoms with E-state index in [0.717, 1.165) is 0 Å². The Morgan fingerprint density at radius 3 is 2.63 bits per heavy atom. The standard InChI is InChI=1S/C22H25N3O5/c1-24(2)22(28)15-8-9-18(29-3)16(14-15)23-20(26)10-11-21(27)25-12-13-30-19-7-5-4-6-17(19)25/h4-9,14H,10-13H2,1-3H3,(H,23,26). The maximum Gasteiger partial charge on any atom is 0.253 e. The number of carbonyl (C=O) groups excluding carboxylic acids is 3. The summed E-state index contributed by atoms with van der Waals surface area (Å²) in [6, 6.07) is 12.2. The highest BCUT2D eigenvalue weighted by atomic mass is 16.5. The van der Waals surface area contributed by atoms with Crippen molar-refractivity contribution < 1.29 is 23.9 Å². The first-order valence-corrected chi connectivity index (χ1v) is 9.62. The first-order valence-electron chi connectivity index (χ1n) is 9.62. The molecule has 0 radical (unpaired) electrons. The van der Waals surface area contributed by atoms with Gasteiger partial charge in [-0.2, -0.15) is 0 Å². The molecule has 1 aliphatic rings. The van der Waals surface area contributed by atoms with E-state index >= 15 is 0 Å². The Hall–Kier alpha value is -3.55. The molecule has 158 valence electrons. The molecule has 8 heteroatoms. The summed E-state index contributed by atoms with van der Waals surface area (Å²) < 4.78 is 10.8. The van der Waals surface area contributed by atoms with E-state index in [9.17, 15) is 14.4 Å². The summed E-state index contributed by atoms with van der Waals surface area (Å²) in [5.74, 6) is 0.428. The van der Waals surface area contributed by atoms with Crippen molar-refractivity contribution in [1.82, 2.24) is 4.90 Å². The molecule has 0 spiro atoms. The number of ether oxygens (including phenoxy) is 2. The third-order valence-corrected chi connectivity index (χ3v) is 4.72. The SMILES string of the molecule is COc1ccc(C(=O)N(C)C)cc1NC(=O)CCC(=O)N1CCOc2ccccc21. The van der Waals surface area contributed by atoms with Crippen molar-refractivity contribution in [2.45, 2.75) is 12.8 Å². The third-order valence-electron chi connectivity index (χ3n) is 4.72. The molecule has 0 unspecified atom stereocenters. The van der Waals surface area contributed by atoms with E-state index in [2.05, 4.69) is 5.32 Å². The summed E-state index contributed by atoms with van der Waals surface area (Å²) >= 11 is 0. The molecular weight excluding hydrogens is 386 g/mol. The Labute approximate surface area is 175 Å². The van der Waals surface area contributed by atoms with Crippen LogP contribution in [-0.4, -0.2) is 57.0 Å². The van der Waals surface area contributed by atoms with Crippen molar-refractivity contribution in [3.63, 3.8) is 0 Å². The molecule has 0 bridgehead atoms. The number of anilines is 2. The molecule has 3 rings (SSSR count). The summed E-state index contributed by atoms with van der Waals surface area (Å²) in [5, 5.41) is 2.74. The van der Waals surface area contributed by atoms with Crippen molar-refractivity contribution in [1.29, 1.82) is 0 Å². The second-order valence-electron chi connectivity index (χ2n) is 7.02. The summed E-state index contributed by atoms with van der Waals surface area (Å²) in [5.41, 5.74) is 1.53. The number of carbonyl (C=O) groups is 3. The predicted molar refractivity (Wildman–Crippen MR) is 113 cm³/mol. The minimum Gasteiger partial charge on any atom is -0.495 e. The van der Waals surface area contributed by atoms with Crippen molar-refractivity contribution >= 4 is 29.1 Å². The molecule has 0 atom stereocenters. The molecule has 1 heterocycles. The van der Waals surface area contributed by atoms with Gasteiger partial charge in [0.05, 0.1) is 25.0 Å². The zero-order valence-electron chi connectivity index (χ0n) is 17.3. The van der Waals surface area contributed by atoms with E-state index in [-0.39, 0.29) is 30.6 Å². The number of hydrogen-bond donors (Lipinski definition) is 1. The van der Waals surface area contributed by atoms with Gasteiger partial charge in [0, 0.05) is 32.5 Å². The Morgan fingerprint density at radius 2 is 1.90 bits per heavy atom. The van der Waals surface area contributed by atoms with Gasteiger partial charge in [0.1, 0.15) is 18.1 Å². The normalized spacial score (nSPS) is 12.4. The smallest absolute Gasteiger partial charge is 0.253 e. The zero-order valence-corrected chi connectivity index (χ0v) is 17.3. The average molecular weight is 411 g/mol. The molecule has 0 aromatic heterocycles. The van der Waals surface area contributed by atoms with Gasteiger partial charge < -0.3 is 24.6 Å². The van der Waals surface area contributed by atoms with Crippen LogP contribution in [-0.2, 0) is 9.59 Å². The van der Waals surface area contributed by atoms with E-state index in [1.807, 2.05) is 24.3 Å². The minimum atomic E-state index is -0.336. The monoisotopic (exact) mass is 411 g/mol. The van der Waals surface area contributed by atoms with Gasteiger partial charge in [-0.25, -0.2) is 0 Å². The molecule has 0 saturated carbocycles. The molecule has 0 fully saturated rings. The van der Waals surface area contributed by atoms with Gasteiger partial charge in [0.15, 0.2) is 0 Å². The largest absolute Gasteiger partial charge is 0.495 e. The number of hydrogen-bond acceptors (Lipinski definition) is 5. The topological polar surface area (TPSA) is 88.2 Å². The van der Waals surface area contributed by atoms with Gasteiger partial charge in [-0.1, -0.05) is 12.1 Å². The van der Waals surface area contributed by atoms with Crippen LogP contribution in [0, 0.1) is 0 Å². The predicted octanol–water partition coefficient (Wildman–Crippen LogP) is 2.54. The lowest BCUT2D eigenvalue weighted by Crippen LogP contribution is -2.38. The van der Waals surface area contributed by atoms with Gasteiger partial charge in [0.25, 0.3) is 5.91 Å². The van der Waals surface area contributed by atoms with Crippen LogP contribution in [0.5, 0.6) is 11.5 Å². The first kappa shape index (κ1) is 21.2. The molecule has 0 aliphatic carbocycles. The summed E-state index contributed by atoms with van der Waals surface area (Å²) in [4.78, 5) is 40.4. The number of methoxy groups -OCH3 is 1. The maximum absolute atomic E-state index is 12.7. The van der Waals surface area contributed by atoms with E-state index in [1.54, 1.807) is 37.2 Å². The highest BCUT2D eigenvalue weighted by Crippen LogP contribution is 2.31. The van der Waals surface area contributed by atoms with Crippen LogP contribution in [0.3, 0.4) is 0 Å². The van der Waals surface area contributed by atoms with Crippen molar-refractivity contribution in [3.05, 3.63) is 48.0 Å². The lowest BCUT2D eigenvalue weighted by Gasteiger charge is -2.29. The zero-order chi connectivity index (χ0) is 21.7. The van der Waals surface area contributed by atoms with E-state index < -0.39 is 0 Å². The molecule has 0 saturated heterocycles. The lowest BCUT2D eigenvalue weighted by atomic mass is 10.1. The third kappa shape index (κ3) is 4.71. The van der Waals surface area contributed by atoms with Gasteiger partial charge >= 0.3 is 0 Å². The van der Waals surface area contributed by atoms with E-state index in [0.29, 0.717) is 41.6 Å². The number of rotatable bonds is 6. The molecule has 2 aromatic rings. The number of para-hydroxylation sites is 2. The number of benzene rings is 2. The Bertz CT molecular complexity index is 958. The summed E-state index contributed by atoms with van der Waals surface area (Å²) in [6.45, 7) is 0.860. The Balaban J connectivity index is 1.64. The van der Waals surface area contributed by atoms with Crippen LogP contribution < -0.4 is 19.7 Å². The molecule has 1 aliphatic heterocycles. The number of fused-ring (bicyclic) bond motifs is 1. The highest BCUT2D eigenvalue weighted by Gasteiger charge is 2.23. The van der Waals surface area contributed by atoms with Crippen LogP contribution in [0.2, 0.25) is 0 Å². The molecule has 1 N–H and O–H groups in total.